The number of thiazole rings is 1. The first-order valence-corrected chi connectivity index (χ1v) is 8.79. The van der Waals surface area contributed by atoms with Crippen molar-refractivity contribution in [3.8, 4) is 10.7 Å². The van der Waals surface area contributed by atoms with Gasteiger partial charge in [-0.3, -0.25) is 14.6 Å². The standard InChI is InChI=1S/C17H19N3O3S/c1-12(21)20-8-5-13(6-9-20)17(22)23-10-14-11-24-16(19-14)15-4-2-3-7-18-15/h2-4,7,11,13H,5-6,8-10H2,1H3. The lowest BCUT2D eigenvalue weighted by molar-refractivity contribution is -0.152. The molecule has 24 heavy (non-hydrogen) atoms. The van der Waals surface area contributed by atoms with Crippen molar-refractivity contribution in [2.24, 2.45) is 5.92 Å². The molecule has 0 aromatic carbocycles. The smallest absolute Gasteiger partial charge is 0.309 e. The minimum absolute atomic E-state index is 0.0614. The molecule has 1 fully saturated rings. The second-order valence-corrected chi connectivity index (χ2v) is 6.61. The molecule has 1 saturated heterocycles. The molecule has 0 aliphatic carbocycles. The predicted molar refractivity (Wildman–Crippen MR) is 90.1 cm³/mol. The number of likely N-dealkylation sites (tertiary alicyclic amines) is 1. The summed E-state index contributed by atoms with van der Waals surface area (Å²) < 4.78 is 5.39. The number of piperidine rings is 1. The third kappa shape index (κ3) is 3.97. The van der Waals surface area contributed by atoms with Gasteiger partial charge in [-0.1, -0.05) is 6.07 Å². The molecule has 7 heteroatoms. The van der Waals surface area contributed by atoms with Gasteiger partial charge in [0.1, 0.15) is 11.6 Å². The van der Waals surface area contributed by atoms with Crippen LogP contribution in [0, 0.1) is 5.92 Å². The summed E-state index contributed by atoms with van der Waals surface area (Å²) in [4.78, 5) is 34.0. The highest BCUT2D eigenvalue weighted by Gasteiger charge is 2.27. The number of amides is 1. The lowest BCUT2D eigenvalue weighted by Gasteiger charge is -2.29. The van der Waals surface area contributed by atoms with E-state index in [4.69, 9.17) is 4.74 Å². The highest BCUT2D eigenvalue weighted by molar-refractivity contribution is 7.13. The fourth-order valence-electron chi connectivity index (χ4n) is 2.67. The van der Waals surface area contributed by atoms with E-state index in [0.29, 0.717) is 25.9 Å². The molecule has 6 nitrogen and oxygen atoms in total. The van der Waals surface area contributed by atoms with Gasteiger partial charge in [0.15, 0.2) is 0 Å². The fourth-order valence-corrected chi connectivity index (χ4v) is 3.45. The van der Waals surface area contributed by atoms with E-state index < -0.39 is 0 Å². The Hall–Kier alpha value is -2.28. The molecule has 0 radical (unpaired) electrons. The van der Waals surface area contributed by atoms with Gasteiger partial charge in [0, 0.05) is 31.6 Å². The van der Waals surface area contributed by atoms with Gasteiger partial charge in [0.2, 0.25) is 5.91 Å². The van der Waals surface area contributed by atoms with E-state index in [9.17, 15) is 9.59 Å². The summed E-state index contributed by atoms with van der Waals surface area (Å²) in [5, 5.41) is 2.70. The van der Waals surface area contributed by atoms with Crippen LogP contribution >= 0.6 is 11.3 Å². The normalized spacial score (nSPS) is 15.3. The molecular weight excluding hydrogens is 326 g/mol. The number of aromatic nitrogens is 2. The van der Waals surface area contributed by atoms with Crippen molar-refractivity contribution in [3.63, 3.8) is 0 Å². The maximum absolute atomic E-state index is 12.2. The van der Waals surface area contributed by atoms with Gasteiger partial charge in [-0.05, 0) is 25.0 Å². The van der Waals surface area contributed by atoms with Crippen molar-refractivity contribution in [1.29, 1.82) is 0 Å². The second-order valence-electron chi connectivity index (χ2n) is 5.75. The molecule has 0 saturated carbocycles. The van der Waals surface area contributed by atoms with Crippen molar-refractivity contribution in [2.45, 2.75) is 26.4 Å². The highest BCUT2D eigenvalue weighted by atomic mass is 32.1. The summed E-state index contributed by atoms with van der Waals surface area (Å²) in [5.41, 5.74) is 1.55. The van der Waals surface area contributed by atoms with Crippen LogP contribution in [0.2, 0.25) is 0 Å². The van der Waals surface area contributed by atoms with Crippen LogP contribution in [0.25, 0.3) is 10.7 Å². The molecule has 2 aromatic rings. The summed E-state index contributed by atoms with van der Waals surface area (Å²) in [6.07, 6.45) is 3.05. The SMILES string of the molecule is CC(=O)N1CCC(C(=O)OCc2csc(-c3ccccn3)n2)CC1. The van der Waals surface area contributed by atoms with Crippen LogP contribution in [0.15, 0.2) is 29.8 Å². The summed E-state index contributed by atoms with van der Waals surface area (Å²) in [5.74, 6) is -0.272. The number of rotatable bonds is 4. The Labute approximate surface area is 144 Å². The predicted octanol–water partition coefficient (Wildman–Crippen LogP) is 2.51. The minimum atomic E-state index is -0.203. The van der Waals surface area contributed by atoms with E-state index in [1.165, 1.54) is 11.3 Å². The highest BCUT2D eigenvalue weighted by Crippen LogP contribution is 2.23. The Kier molecular flexibility index (Phi) is 5.20. The zero-order valence-corrected chi connectivity index (χ0v) is 14.3. The van der Waals surface area contributed by atoms with Crippen molar-refractivity contribution in [1.82, 2.24) is 14.9 Å². The number of carbonyl (C=O) groups excluding carboxylic acids is 2. The van der Waals surface area contributed by atoms with Crippen molar-refractivity contribution < 1.29 is 14.3 Å². The number of nitrogens with zero attached hydrogens (tertiary/aromatic N) is 3. The molecule has 1 aliphatic heterocycles. The van der Waals surface area contributed by atoms with E-state index in [1.807, 2.05) is 23.6 Å². The lowest BCUT2D eigenvalue weighted by Crippen LogP contribution is -2.39. The molecule has 0 N–H and O–H groups in total. The maximum Gasteiger partial charge on any atom is 0.309 e. The molecule has 0 spiro atoms. The second kappa shape index (κ2) is 7.53. The summed E-state index contributed by atoms with van der Waals surface area (Å²) in [6.45, 7) is 2.97. The van der Waals surface area contributed by atoms with E-state index >= 15 is 0 Å². The molecule has 1 amide bonds. The number of esters is 1. The largest absolute Gasteiger partial charge is 0.459 e. The minimum Gasteiger partial charge on any atom is -0.459 e. The Morgan fingerprint density at radius 2 is 2.12 bits per heavy atom. The van der Waals surface area contributed by atoms with Crippen LogP contribution < -0.4 is 0 Å². The Balaban J connectivity index is 1.50. The first kappa shape index (κ1) is 16.6. The fraction of sp³-hybridized carbons (Fsp3) is 0.412. The average Bonchev–Trinajstić information content (AvgIpc) is 3.09. The molecule has 1 aliphatic rings. The quantitative estimate of drug-likeness (QED) is 0.796. The molecule has 0 atom stereocenters. The Morgan fingerprint density at radius 3 is 2.79 bits per heavy atom. The van der Waals surface area contributed by atoms with Gasteiger partial charge in [0.05, 0.1) is 17.3 Å². The molecular formula is C17H19N3O3S. The zero-order valence-electron chi connectivity index (χ0n) is 13.5. The van der Waals surface area contributed by atoms with Crippen LogP contribution in [0.4, 0.5) is 0 Å². The van der Waals surface area contributed by atoms with E-state index in [-0.39, 0.29) is 24.4 Å². The first-order valence-electron chi connectivity index (χ1n) is 7.91. The number of ether oxygens (including phenoxy) is 1. The van der Waals surface area contributed by atoms with Crippen LogP contribution in [0.3, 0.4) is 0 Å². The number of hydrogen-bond acceptors (Lipinski definition) is 6. The van der Waals surface area contributed by atoms with Crippen molar-refractivity contribution >= 4 is 23.2 Å². The zero-order chi connectivity index (χ0) is 16.9. The van der Waals surface area contributed by atoms with Gasteiger partial charge in [0.25, 0.3) is 0 Å². The van der Waals surface area contributed by atoms with Crippen LogP contribution in [0.5, 0.6) is 0 Å². The Morgan fingerprint density at radius 1 is 1.33 bits per heavy atom. The first-order chi connectivity index (χ1) is 11.6. The van der Waals surface area contributed by atoms with Gasteiger partial charge >= 0.3 is 5.97 Å². The number of carbonyl (C=O) groups is 2. The van der Waals surface area contributed by atoms with Gasteiger partial charge in [-0.2, -0.15) is 0 Å². The topological polar surface area (TPSA) is 72.4 Å². The molecule has 126 valence electrons. The number of pyridine rings is 1. The van der Waals surface area contributed by atoms with E-state index in [1.54, 1.807) is 18.0 Å². The Bertz CT molecular complexity index is 709. The summed E-state index contributed by atoms with van der Waals surface area (Å²) >= 11 is 1.48. The van der Waals surface area contributed by atoms with Gasteiger partial charge < -0.3 is 9.64 Å². The molecule has 2 aromatic heterocycles. The van der Waals surface area contributed by atoms with E-state index in [2.05, 4.69) is 9.97 Å². The molecule has 3 heterocycles. The molecule has 3 rings (SSSR count). The monoisotopic (exact) mass is 345 g/mol. The van der Waals surface area contributed by atoms with Gasteiger partial charge in [-0.25, -0.2) is 4.98 Å². The average molecular weight is 345 g/mol. The third-order valence-electron chi connectivity index (χ3n) is 4.07. The van der Waals surface area contributed by atoms with Crippen LogP contribution in [-0.2, 0) is 20.9 Å². The van der Waals surface area contributed by atoms with Crippen LogP contribution in [-0.4, -0.2) is 39.8 Å². The van der Waals surface area contributed by atoms with Crippen LogP contribution in [0.1, 0.15) is 25.5 Å². The third-order valence-corrected chi connectivity index (χ3v) is 4.99. The molecule has 0 unspecified atom stereocenters. The molecule has 0 bridgehead atoms. The summed E-state index contributed by atoms with van der Waals surface area (Å²) in [7, 11) is 0. The maximum atomic E-state index is 12.2. The van der Waals surface area contributed by atoms with Crippen molar-refractivity contribution in [2.75, 3.05) is 13.1 Å². The van der Waals surface area contributed by atoms with Crippen molar-refractivity contribution in [3.05, 3.63) is 35.5 Å². The van der Waals surface area contributed by atoms with Gasteiger partial charge in [-0.15, -0.1) is 11.3 Å². The summed E-state index contributed by atoms with van der Waals surface area (Å²) in [6, 6.07) is 5.67. The van der Waals surface area contributed by atoms with E-state index in [0.717, 1.165) is 16.4 Å². The lowest BCUT2D eigenvalue weighted by atomic mass is 9.97. The number of hydrogen-bond donors (Lipinski definition) is 0.